The zero-order chi connectivity index (χ0) is 13.0. The molecule has 1 atom stereocenters. The first-order chi connectivity index (χ1) is 8.70. The zero-order valence-electron chi connectivity index (χ0n) is 10.3. The van der Waals surface area contributed by atoms with Gasteiger partial charge in [0.05, 0.1) is 12.2 Å². The first-order valence-corrected chi connectivity index (χ1v) is 5.64. The first kappa shape index (κ1) is 12.1. The highest BCUT2D eigenvalue weighted by Crippen LogP contribution is 2.11. The van der Waals surface area contributed by atoms with Crippen LogP contribution in [0.3, 0.4) is 0 Å². The van der Waals surface area contributed by atoms with Gasteiger partial charge in [-0.15, -0.1) is 0 Å². The normalized spacial score (nSPS) is 11.9. The van der Waals surface area contributed by atoms with E-state index in [2.05, 4.69) is 25.8 Å². The smallest absolute Gasteiger partial charge is 0.251 e. The van der Waals surface area contributed by atoms with Gasteiger partial charge < -0.3 is 10.6 Å². The van der Waals surface area contributed by atoms with Crippen LogP contribution in [0.15, 0.2) is 30.7 Å². The van der Waals surface area contributed by atoms with E-state index in [1.54, 1.807) is 37.8 Å². The fraction of sp³-hybridized carbons (Fsp3) is 0.250. The van der Waals surface area contributed by atoms with E-state index in [1.165, 1.54) is 0 Å². The van der Waals surface area contributed by atoms with E-state index in [-0.39, 0.29) is 11.9 Å². The summed E-state index contributed by atoms with van der Waals surface area (Å²) in [4.78, 5) is 16.1. The molecule has 0 aliphatic rings. The Morgan fingerprint density at radius 1 is 1.50 bits per heavy atom. The summed E-state index contributed by atoms with van der Waals surface area (Å²) in [6, 6.07) is 3.29. The second-order valence-corrected chi connectivity index (χ2v) is 3.91. The van der Waals surface area contributed by atoms with E-state index in [4.69, 9.17) is 0 Å². The van der Waals surface area contributed by atoms with Crippen molar-refractivity contribution in [2.45, 2.75) is 13.0 Å². The minimum Gasteiger partial charge on any atom is -0.373 e. The summed E-state index contributed by atoms with van der Waals surface area (Å²) in [5, 5.41) is 12.4. The van der Waals surface area contributed by atoms with Crippen LogP contribution in [0.5, 0.6) is 0 Å². The Morgan fingerprint density at radius 2 is 2.33 bits per heavy atom. The van der Waals surface area contributed by atoms with Gasteiger partial charge in [-0.25, -0.2) is 4.98 Å². The summed E-state index contributed by atoms with van der Waals surface area (Å²) in [5.41, 5.74) is 1.51. The fourth-order valence-electron chi connectivity index (χ4n) is 1.57. The molecule has 94 valence electrons. The van der Waals surface area contributed by atoms with Crippen molar-refractivity contribution < 1.29 is 4.79 Å². The van der Waals surface area contributed by atoms with Crippen LogP contribution < -0.4 is 10.6 Å². The molecule has 0 bridgehead atoms. The summed E-state index contributed by atoms with van der Waals surface area (Å²) in [6.45, 7) is 1.91. The Bertz CT molecular complexity index is 523. The number of carbonyl (C=O) groups excluding carboxylic acids is 1. The Hall–Kier alpha value is -2.37. The fourth-order valence-corrected chi connectivity index (χ4v) is 1.57. The van der Waals surface area contributed by atoms with Gasteiger partial charge >= 0.3 is 0 Å². The topological polar surface area (TPSA) is 82.7 Å². The highest BCUT2D eigenvalue weighted by molar-refractivity contribution is 5.95. The number of H-pyrrole nitrogens is 1. The van der Waals surface area contributed by atoms with E-state index in [1.807, 2.05) is 6.92 Å². The molecule has 2 heterocycles. The molecule has 3 N–H and O–H groups in total. The number of rotatable bonds is 4. The Balaban J connectivity index is 2.07. The molecule has 0 spiro atoms. The molecule has 1 unspecified atom stereocenters. The minimum absolute atomic E-state index is 0.0950. The Labute approximate surface area is 105 Å². The molecule has 0 saturated carbocycles. The molecular weight excluding hydrogens is 230 g/mol. The number of hydrogen-bond donors (Lipinski definition) is 3. The van der Waals surface area contributed by atoms with Gasteiger partial charge in [0.1, 0.15) is 5.82 Å². The molecule has 18 heavy (non-hydrogen) atoms. The van der Waals surface area contributed by atoms with Crippen molar-refractivity contribution in [2.24, 2.45) is 0 Å². The lowest BCUT2D eigenvalue weighted by Crippen LogP contribution is -2.26. The van der Waals surface area contributed by atoms with Crippen molar-refractivity contribution in [1.82, 2.24) is 20.5 Å². The third-order valence-electron chi connectivity index (χ3n) is 2.65. The standard InChI is InChI=1S/C12H15N5O/c1-8(10-6-15-16-7-10)17-12(18)9-3-4-14-11(5-9)13-2/h3-8H,1-2H3,(H,13,14)(H,15,16)(H,17,18). The number of amides is 1. The van der Waals surface area contributed by atoms with Gasteiger partial charge in [-0.05, 0) is 19.1 Å². The quantitative estimate of drug-likeness (QED) is 0.759. The number of pyridine rings is 1. The van der Waals surface area contributed by atoms with Crippen LogP contribution in [0, 0.1) is 0 Å². The zero-order valence-corrected chi connectivity index (χ0v) is 10.3. The molecular formula is C12H15N5O. The lowest BCUT2D eigenvalue weighted by molar-refractivity contribution is 0.0940. The van der Waals surface area contributed by atoms with Crippen molar-refractivity contribution >= 4 is 11.7 Å². The number of aromatic nitrogens is 3. The third-order valence-corrected chi connectivity index (χ3v) is 2.65. The van der Waals surface area contributed by atoms with Crippen molar-refractivity contribution in [2.75, 3.05) is 12.4 Å². The average Bonchev–Trinajstić information content (AvgIpc) is 2.92. The van der Waals surface area contributed by atoms with Crippen molar-refractivity contribution in [1.29, 1.82) is 0 Å². The number of anilines is 1. The molecule has 0 saturated heterocycles. The predicted octanol–water partition coefficient (Wildman–Crippen LogP) is 1.34. The molecule has 6 nitrogen and oxygen atoms in total. The van der Waals surface area contributed by atoms with Gasteiger partial charge in [-0.3, -0.25) is 9.89 Å². The summed E-state index contributed by atoms with van der Waals surface area (Å²) < 4.78 is 0. The van der Waals surface area contributed by atoms with Gasteiger partial charge in [0.2, 0.25) is 0 Å². The van der Waals surface area contributed by atoms with Crippen molar-refractivity contribution in [3.8, 4) is 0 Å². The molecule has 0 radical (unpaired) electrons. The van der Waals surface area contributed by atoms with E-state index in [0.717, 1.165) is 5.56 Å². The van der Waals surface area contributed by atoms with Gasteiger partial charge in [-0.2, -0.15) is 5.10 Å². The molecule has 1 amide bonds. The lowest BCUT2D eigenvalue weighted by atomic mass is 10.1. The molecule has 2 aromatic rings. The van der Waals surface area contributed by atoms with Crippen LogP contribution in [-0.4, -0.2) is 28.1 Å². The number of carbonyl (C=O) groups is 1. The number of aromatic amines is 1. The maximum Gasteiger partial charge on any atom is 0.251 e. The van der Waals surface area contributed by atoms with Crippen molar-refractivity contribution in [3.05, 3.63) is 41.9 Å². The van der Waals surface area contributed by atoms with Gasteiger partial charge in [0, 0.05) is 30.6 Å². The molecule has 0 aromatic carbocycles. The largest absolute Gasteiger partial charge is 0.373 e. The van der Waals surface area contributed by atoms with Gasteiger partial charge in [0.25, 0.3) is 5.91 Å². The van der Waals surface area contributed by atoms with Crippen LogP contribution in [0.2, 0.25) is 0 Å². The summed E-state index contributed by atoms with van der Waals surface area (Å²) in [5.74, 6) is 0.529. The van der Waals surface area contributed by atoms with E-state index < -0.39 is 0 Å². The molecule has 0 aliphatic carbocycles. The predicted molar refractivity (Wildman–Crippen MR) is 68.3 cm³/mol. The summed E-state index contributed by atoms with van der Waals surface area (Å²) in [7, 11) is 1.76. The van der Waals surface area contributed by atoms with Crippen LogP contribution >= 0.6 is 0 Å². The molecule has 0 aliphatic heterocycles. The van der Waals surface area contributed by atoms with Crippen molar-refractivity contribution in [3.63, 3.8) is 0 Å². The second-order valence-electron chi connectivity index (χ2n) is 3.91. The summed E-state index contributed by atoms with van der Waals surface area (Å²) in [6.07, 6.45) is 5.05. The highest BCUT2D eigenvalue weighted by atomic mass is 16.1. The highest BCUT2D eigenvalue weighted by Gasteiger charge is 2.12. The van der Waals surface area contributed by atoms with E-state index >= 15 is 0 Å². The SMILES string of the molecule is CNc1cc(C(=O)NC(C)c2cn[nH]c2)ccn1. The first-order valence-electron chi connectivity index (χ1n) is 5.64. The minimum atomic E-state index is -0.136. The van der Waals surface area contributed by atoms with Crippen LogP contribution in [0.1, 0.15) is 28.9 Å². The van der Waals surface area contributed by atoms with Crippen LogP contribution in [0.4, 0.5) is 5.82 Å². The van der Waals surface area contributed by atoms with E-state index in [0.29, 0.717) is 11.4 Å². The number of hydrogen-bond acceptors (Lipinski definition) is 4. The van der Waals surface area contributed by atoms with Gasteiger partial charge in [-0.1, -0.05) is 0 Å². The monoisotopic (exact) mass is 245 g/mol. The molecule has 0 fully saturated rings. The number of nitrogens with one attached hydrogen (secondary N) is 3. The van der Waals surface area contributed by atoms with Gasteiger partial charge in [0.15, 0.2) is 0 Å². The average molecular weight is 245 g/mol. The maximum absolute atomic E-state index is 12.0. The number of nitrogens with zero attached hydrogens (tertiary/aromatic N) is 2. The van der Waals surface area contributed by atoms with Crippen LogP contribution in [0.25, 0.3) is 0 Å². The maximum atomic E-state index is 12.0. The lowest BCUT2D eigenvalue weighted by Gasteiger charge is -2.12. The van der Waals surface area contributed by atoms with Crippen LogP contribution in [-0.2, 0) is 0 Å². The van der Waals surface area contributed by atoms with E-state index in [9.17, 15) is 4.79 Å². The second kappa shape index (κ2) is 5.31. The molecule has 2 rings (SSSR count). The molecule has 2 aromatic heterocycles. The summed E-state index contributed by atoms with van der Waals surface area (Å²) >= 11 is 0. The Morgan fingerprint density at radius 3 is 3.00 bits per heavy atom. The molecule has 6 heteroatoms. The Kier molecular flexibility index (Phi) is 3.57. The third kappa shape index (κ3) is 2.65.